The predicted molar refractivity (Wildman–Crippen MR) is 43.6 cm³/mol. The summed E-state index contributed by atoms with van der Waals surface area (Å²) < 4.78 is 10.2. The Labute approximate surface area is 72.0 Å². The van der Waals surface area contributed by atoms with Gasteiger partial charge in [0.15, 0.2) is 0 Å². The summed E-state index contributed by atoms with van der Waals surface area (Å²) >= 11 is 0. The van der Waals surface area contributed by atoms with Crippen molar-refractivity contribution in [1.29, 1.82) is 0 Å². The lowest BCUT2D eigenvalue weighted by Crippen LogP contribution is -2.19. The average molecular weight is 173 g/mol. The van der Waals surface area contributed by atoms with Crippen LogP contribution in [0.4, 0.5) is 0 Å². The molecule has 0 aromatic heterocycles. The van der Waals surface area contributed by atoms with E-state index in [-0.39, 0.29) is 12.1 Å². The monoisotopic (exact) mass is 173 g/mol. The van der Waals surface area contributed by atoms with Crippen molar-refractivity contribution in [3.05, 3.63) is 0 Å². The number of esters is 1. The number of ether oxygens (including phenoxy) is 2. The van der Waals surface area contributed by atoms with E-state index in [0.717, 1.165) is 19.4 Å². The van der Waals surface area contributed by atoms with E-state index in [1.807, 2.05) is 0 Å². The quantitative estimate of drug-likeness (QED) is 0.610. The Morgan fingerprint density at radius 1 is 1.67 bits per heavy atom. The zero-order valence-corrected chi connectivity index (χ0v) is 7.12. The Balaban J connectivity index is 2.03. The van der Waals surface area contributed by atoms with Crippen molar-refractivity contribution in [2.45, 2.75) is 25.4 Å². The summed E-state index contributed by atoms with van der Waals surface area (Å²) in [6, 6.07) is 0. The van der Waals surface area contributed by atoms with Gasteiger partial charge in [-0.2, -0.15) is 0 Å². The molecule has 1 heterocycles. The summed E-state index contributed by atoms with van der Waals surface area (Å²) in [6.45, 7) is 1.53. The van der Waals surface area contributed by atoms with E-state index in [0.29, 0.717) is 19.6 Å². The van der Waals surface area contributed by atoms with Gasteiger partial charge in [-0.1, -0.05) is 0 Å². The minimum Gasteiger partial charge on any atom is -0.463 e. The van der Waals surface area contributed by atoms with Crippen molar-refractivity contribution in [1.82, 2.24) is 0 Å². The van der Waals surface area contributed by atoms with Crippen LogP contribution in [0.25, 0.3) is 0 Å². The van der Waals surface area contributed by atoms with E-state index in [1.165, 1.54) is 0 Å². The summed E-state index contributed by atoms with van der Waals surface area (Å²) in [7, 11) is 0. The van der Waals surface area contributed by atoms with Gasteiger partial charge in [0.1, 0.15) is 6.61 Å². The molecule has 2 N–H and O–H groups in total. The minimum absolute atomic E-state index is 0.117. The Morgan fingerprint density at radius 3 is 3.08 bits per heavy atom. The zero-order valence-electron chi connectivity index (χ0n) is 7.12. The van der Waals surface area contributed by atoms with E-state index in [2.05, 4.69) is 0 Å². The topological polar surface area (TPSA) is 61.6 Å². The van der Waals surface area contributed by atoms with Crippen molar-refractivity contribution in [2.24, 2.45) is 5.73 Å². The second kappa shape index (κ2) is 5.11. The summed E-state index contributed by atoms with van der Waals surface area (Å²) in [5.41, 5.74) is 5.18. The van der Waals surface area contributed by atoms with E-state index in [4.69, 9.17) is 15.2 Å². The van der Waals surface area contributed by atoms with Gasteiger partial charge in [-0.05, 0) is 12.8 Å². The van der Waals surface area contributed by atoms with Crippen LogP contribution in [-0.2, 0) is 14.3 Å². The van der Waals surface area contributed by atoms with Gasteiger partial charge in [0, 0.05) is 13.2 Å². The van der Waals surface area contributed by atoms with Gasteiger partial charge < -0.3 is 15.2 Å². The highest BCUT2D eigenvalue weighted by Gasteiger charge is 2.16. The summed E-state index contributed by atoms with van der Waals surface area (Å²) in [4.78, 5) is 10.8. The van der Waals surface area contributed by atoms with Crippen molar-refractivity contribution in [3.8, 4) is 0 Å². The molecule has 1 fully saturated rings. The molecule has 0 spiro atoms. The number of nitrogens with two attached hydrogens (primary N) is 1. The Bertz CT molecular complexity index is 143. The van der Waals surface area contributed by atoms with Crippen molar-refractivity contribution < 1.29 is 14.3 Å². The third kappa shape index (κ3) is 3.19. The van der Waals surface area contributed by atoms with Crippen molar-refractivity contribution in [3.63, 3.8) is 0 Å². The Morgan fingerprint density at radius 2 is 2.50 bits per heavy atom. The molecule has 1 saturated heterocycles. The fourth-order valence-electron chi connectivity index (χ4n) is 1.15. The Hall–Kier alpha value is -0.610. The number of rotatable bonds is 4. The van der Waals surface area contributed by atoms with Gasteiger partial charge in [-0.15, -0.1) is 0 Å². The van der Waals surface area contributed by atoms with Crippen LogP contribution >= 0.6 is 0 Å². The van der Waals surface area contributed by atoms with Crippen LogP contribution in [0.3, 0.4) is 0 Å². The maximum absolute atomic E-state index is 10.8. The molecule has 0 radical (unpaired) electrons. The molecule has 4 heteroatoms. The first-order valence-corrected chi connectivity index (χ1v) is 4.30. The molecule has 1 unspecified atom stereocenters. The number of carbonyl (C=O) groups excluding carboxylic acids is 1. The van der Waals surface area contributed by atoms with Gasteiger partial charge in [0.2, 0.25) is 0 Å². The largest absolute Gasteiger partial charge is 0.463 e. The highest BCUT2D eigenvalue weighted by molar-refractivity contribution is 5.69. The first-order chi connectivity index (χ1) is 5.83. The van der Waals surface area contributed by atoms with Crippen LogP contribution in [0.15, 0.2) is 0 Å². The molecule has 1 aliphatic heterocycles. The maximum atomic E-state index is 10.8. The highest BCUT2D eigenvalue weighted by Crippen LogP contribution is 2.11. The second-order valence-electron chi connectivity index (χ2n) is 2.86. The van der Waals surface area contributed by atoms with Crippen LogP contribution in [0.5, 0.6) is 0 Å². The SMILES string of the molecule is NCCC(=O)OCC1CCCO1. The van der Waals surface area contributed by atoms with Gasteiger partial charge in [0.25, 0.3) is 0 Å². The fraction of sp³-hybridized carbons (Fsp3) is 0.875. The standard InChI is InChI=1S/C8H15NO3/c9-4-3-8(10)12-6-7-2-1-5-11-7/h7H,1-6,9H2. The fourth-order valence-corrected chi connectivity index (χ4v) is 1.15. The molecule has 0 aromatic rings. The number of hydrogen-bond donors (Lipinski definition) is 1. The average Bonchev–Trinajstić information content (AvgIpc) is 2.53. The van der Waals surface area contributed by atoms with Gasteiger partial charge in [-0.25, -0.2) is 0 Å². The molecule has 70 valence electrons. The molecule has 0 saturated carbocycles. The summed E-state index contributed by atoms with van der Waals surface area (Å²) in [5, 5.41) is 0. The van der Waals surface area contributed by atoms with E-state index in [1.54, 1.807) is 0 Å². The lowest BCUT2D eigenvalue weighted by Gasteiger charge is -2.09. The normalized spacial score (nSPS) is 22.6. The lowest BCUT2D eigenvalue weighted by molar-refractivity contribution is -0.146. The van der Waals surface area contributed by atoms with Crippen LogP contribution in [-0.4, -0.2) is 31.8 Å². The number of hydrogen-bond acceptors (Lipinski definition) is 4. The lowest BCUT2D eigenvalue weighted by atomic mass is 10.2. The van der Waals surface area contributed by atoms with Gasteiger partial charge in [0.05, 0.1) is 12.5 Å². The second-order valence-corrected chi connectivity index (χ2v) is 2.86. The molecule has 0 aromatic carbocycles. The molecule has 0 aliphatic carbocycles. The third-order valence-electron chi connectivity index (χ3n) is 1.80. The van der Waals surface area contributed by atoms with Gasteiger partial charge in [-0.3, -0.25) is 4.79 Å². The van der Waals surface area contributed by atoms with E-state index in [9.17, 15) is 4.79 Å². The van der Waals surface area contributed by atoms with E-state index >= 15 is 0 Å². The zero-order chi connectivity index (χ0) is 8.81. The molecule has 12 heavy (non-hydrogen) atoms. The van der Waals surface area contributed by atoms with Gasteiger partial charge >= 0.3 is 5.97 Å². The maximum Gasteiger partial charge on any atom is 0.307 e. The minimum atomic E-state index is -0.229. The third-order valence-corrected chi connectivity index (χ3v) is 1.80. The summed E-state index contributed by atoms with van der Waals surface area (Å²) in [5.74, 6) is -0.229. The molecule has 0 bridgehead atoms. The Kier molecular flexibility index (Phi) is 4.04. The molecular formula is C8H15NO3. The molecule has 0 amide bonds. The molecular weight excluding hydrogens is 158 g/mol. The van der Waals surface area contributed by atoms with Crippen molar-refractivity contribution >= 4 is 5.97 Å². The predicted octanol–water partition coefficient (Wildman–Crippen LogP) is 0.0574. The van der Waals surface area contributed by atoms with Crippen molar-refractivity contribution in [2.75, 3.05) is 19.8 Å². The molecule has 1 atom stereocenters. The van der Waals surface area contributed by atoms with Crippen LogP contribution < -0.4 is 5.73 Å². The first-order valence-electron chi connectivity index (χ1n) is 4.30. The molecule has 4 nitrogen and oxygen atoms in total. The van der Waals surface area contributed by atoms with E-state index < -0.39 is 0 Å². The smallest absolute Gasteiger partial charge is 0.307 e. The number of carbonyl (C=O) groups is 1. The van der Waals surface area contributed by atoms with Crippen LogP contribution in [0.1, 0.15) is 19.3 Å². The molecule has 1 rings (SSSR count). The van der Waals surface area contributed by atoms with Crippen LogP contribution in [0.2, 0.25) is 0 Å². The van der Waals surface area contributed by atoms with Crippen LogP contribution in [0, 0.1) is 0 Å². The highest BCUT2D eigenvalue weighted by atomic mass is 16.6. The first kappa shape index (κ1) is 9.48. The summed E-state index contributed by atoms with van der Waals surface area (Å²) in [6.07, 6.45) is 2.48. The molecule has 1 aliphatic rings.